The van der Waals surface area contributed by atoms with E-state index < -0.39 is 0 Å². The number of anilines is 2. The third-order valence-electron chi connectivity index (χ3n) is 7.64. The Morgan fingerprint density at radius 1 is 0.884 bits per heavy atom. The van der Waals surface area contributed by atoms with Gasteiger partial charge in [0.15, 0.2) is 0 Å². The van der Waals surface area contributed by atoms with Gasteiger partial charge in [-0.1, -0.05) is 54.6 Å². The molecule has 3 N–H and O–H groups in total. The molecule has 0 saturated carbocycles. The quantitative estimate of drug-likeness (QED) is 0.251. The molecule has 43 heavy (non-hydrogen) atoms. The molecule has 0 atom stereocenters. The van der Waals surface area contributed by atoms with Crippen molar-refractivity contribution in [1.29, 1.82) is 0 Å². The molecular weight excluding hydrogens is 558 g/mol. The minimum Gasteiger partial charge on any atom is -0.375 e. The van der Waals surface area contributed by atoms with Crippen LogP contribution in [0.2, 0.25) is 0 Å². The molecule has 2 amide bonds. The van der Waals surface area contributed by atoms with Crippen molar-refractivity contribution < 1.29 is 14.3 Å². The van der Waals surface area contributed by atoms with Gasteiger partial charge in [-0.3, -0.25) is 9.59 Å². The lowest BCUT2D eigenvalue weighted by atomic mass is 10.0. The highest BCUT2D eigenvalue weighted by atomic mass is 32.1. The number of nitrogens with one attached hydrogen (secondary N) is 1. The first-order valence-electron chi connectivity index (χ1n) is 14.5. The lowest BCUT2D eigenvalue weighted by Gasteiger charge is -2.35. The molecule has 1 aliphatic heterocycles. The lowest BCUT2D eigenvalue weighted by molar-refractivity contribution is -0.119. The van der Waals surface area contributed by atoms with Crippen molar-refractivity contribution in [3.8, 4) is 11.1 Å². The zero-order chi connectivity index (χ0) is 30.2. The van der Waals surface area contributed by atoms with Crippen molar-refractivity contribution in [3.63, 3.8) is 0 Å². The molecule has 0 spiro atoms. The summed E-state index contributed by atoms with van der Waals surface area (Å²) in [5, 5.41) is 4.99. The number of ether oxygens (including phenoxy) is 1. The van der Waals surface area contributed by atoms with Gasteiger partial charge in [0.1, 0.15) is 6.61 Å². The van der Waals surface area contributed by atoms with Crippen LogP contribution in [-0.2, 0) is 29.2 Å². The standard InChI is InChI=1S/C34H39N5O3S/c1-37-13-15-38(16-14-37)31-12-11-29(20-30(31)36-33(40)24-42-2)28-9-4-8-27(19-28)23-39(34(41)32-10-5-17-43-32)22-26-7-3-6-25(18-26)21-35/h3-12,17-20H,13-16,21-24,35H2,1-2H3,(H,36,40). The Labute approximate surface area is 257 Å². The van der Waals surface area contributed by atoms with Crippen molar-refractivity contribution in [1.82, 2.24) is 9.80 Å². The predicted molar refractivity (Wildman–Crippen MR) is 174 cm³/mol. The number of piperazine rings is 1. The molecule has 4 aromatic rings. The molecule has 0 aliphatic carbocycles. The second-order valence-corrected chi connectivity index (χ2v) is 11.8. The van der Waals surface area contributed by atoms with Crippen molar-refractivity contribution in [2.75, 3.05) is 57.2 Å². The Morgan fingerprint density at radius 3 is 2.28 bits per heavy atom. The molecule has 224 valence electrons. The fourth-order valence-corrected chi connectivity index (χ4v) is 6.05. The van der Waals surface area contributed by atoms with E-state index in [1.807, 2.05) is 58.8 Å². The Hall–Kier alpha value is -4.02. The van der Waals surface area contributed by atoms with Gasteiger partial charge in [0.25, 0.3) is 5.91 Å². The highest BCUT2D eigenvalue weighted by molar-refractivity contribution is 7.12. The van der Waals surface area contributed by atoms with Crippen LogP contribution in [0.25, 0.3) is 11.1 Å². The van der Waals surface area contributed by atoms with Crippen LogP contribution in [0.5, 0.6) is 0 Å². The van der Waals surface area contributed by atoms with Gasteiger partial charge < -0.3 is 30.5 Å². The summed E-state index contributed by atoms with van der Waals surface area (Å²) in [6, 6.07) is 26.3. The maximum absolute atomic E-state index is 13.6. The number of hydrogen-bond donors (Lipinski definition) is 2. The maximum Gasteiger partial charge on any atom is 0.264 e. The van der Waals surface area contributed by atoms with Crippen molar-refractivity contribution in [2.24, 2.45) is 5.73 Å². The molecule has 3 aromatic carbocycles. The van der Waals surface area contributed by atoms with Gasteiger partial charge in [-0.2, -0.15) is 0 Å². The van der Waals surface area contributed by atoms with Crippen LogP contribution in [0, 0.1) is 0 Å². The van der Waals surface area contributed by atoms with Crippen LogP contribution in [0.4, 0.5) is 11.4 Å². The van der Waals surface area contributed by atoms with Crippen LogP contribution >= 0.6 is 11.3 Å². The summed E-state index contributed by atoms with van der Waals surface area (Å²) in [7, 11) is 3.64. The Balaban J connectivity index is 1.43. The number of rotatable bonds is 11. The zero-order valence-electron chi connectivity index (χ0n) is 24.8. The highest BCUT2D eigenvalue weighted by Gasteiger charge is 2.20. The SMILES string of the molecule is COCC(=O)Nc1cc(-c2cccc(CN(Cc3cccc(CN)c3)C(=O)c3cccs3)c2)ccc1N1CCN(C)CC1. The Morgan fingerprint density at radius 2 is 1.58 bits per heavy atom. The van der Waals surface area contributed by atoms with Crippen LogP contribution in [0.1, 0.15) is 26.4 Å². The van der Waals surface area contributed by atoms with E-state index in [2.05, 4.69) is 52.5 Å². The van der Waals surface area contributed by atoms with E-state index in [1.165, 1.54) is 18.4 Å². The number of amides is 2. The number of carbonyl (C=O) groups excluding carboxylic acids is 2. The van der Waals surface area contributed by atoms with E-state index >= 15 is 0 Å². The predicted octanol–water partition coefficient (Wildman–Crippen LogP) is 5.05. The second-order valence-electron chi connectivity index (χ2n) is 10.9. The van der Waals surface area contributed by atoms with Gasteiger partial charge in [0.05, 0.1) is 16.3 Å². The lowest BCUT2D eigenvalue weighted by Crippen LogP contribution is -2.44. The normalized spacial score (nSPS) is 13.6. The minimum atomic E-state index is -0.190. The van der Waals surface area contributed by atoms with Gasteiger partial charge >= 0.3 is 0 Å². The van der Waals surface area contributed by atoms with Crippen molar-refractivity contribution in [2.45, 2.75) is 19.6 Å². The number of likely N-dealkylation sites (N-methyl/N-ethyl adjacent to an activating group) is 1. The maximum atomic E-state index is 13.6. The average Bonchev–Trinajstić information content (AvgIpc) is 3.57. The average molecular weight is 598 g/mol. The van der Waals surface area contributed by atoms with E-state index in [9.17, 15) is 9.59 Å². The number of nitrogens with two attached hydrogens (primary N) is 1. The summed E-state index contributed by atoms with van der Waals surface area (Å²) in [4.78, 5) is 33.4. The fourth-order valence-electron chi connectivity index (χ4n) is 5.36. The number of carbonyl (C=O) groups is 2. The zero-order valence-corrected chi connectivity index (χ0v) is 25.6. The van der Waals surface area contributed by atoms with E-state index in [0.717, 1.165) is 65.4 Å². The molecule has 1 fully saturated rings. The van der Waals surface area contributed by atoms with Gasteiger partial charge in [-0.15, -0.1) is 11.3 Å². The molecule has 1 aliphatic rings. The number of hydrogen-bond acceptors (Lipinski definition) is 7. The molecule has 1 saturated heterocycles. The monoisotopic (exact) mass is 597 g/mol. The first-order valence-corrected chi connectivity index (χ1v) is 15.4. The summed E-state index contributed by atoms with van der Waals surface area (Å²) in [5.41, 5.74) is 12.7. The Bertz CT molecular complexity index is 1530. The number of benzene rings is 3. The van der Waals surface area contributed by atoms with Gasteiger partial charge in [0.2, 0.25) is 5.91 Å². The molecule has 8 nitrogen and oxygen atoms in total. The van der Waals surface area contributed by atoms with Crippen LogP contribution < -0.4 is 16.0 Å². The largest absolute Gasteiger partial charge is 0.375 e. The van der Waals surface area contributed by atoms with Gasteiger partial charge in [0, 0.05) is 52.9 Å². The molecule has 0 bridgehead atoms. The third kappa shape index (κ3) is 7.88. The van der Waals surface area contributed by atoms with E-state index in [-0.39, 0.29) is 18.4 Å². The number of thiophene rings is 1. The first-order chi connectivity index (χ1) is 20.9. The van der Waals surface area contributed by atoms with Gasteiger partial charge in [-0.05, 0) is 64.5 Å². The minimum absolute atomic E-state index is 0.00164. The molecule has 2 heterocycles. The van der Waals surface area contributed by atoms with Gasteiger partial charge in [-0.25, -0.2) is 0 Å². The third-order valence-corrected chi connectivity index (χ3v) is 8.50. The molecule has 0 unspecified atom stereocenters. The van der Waals surface area contributed by atoms with E-state index in [0.29, 0.717) is 24.5 Å². The van der Waals surface area contributed by atoms with Crippen molar-refractivity contribution in [3.05, 3.63) is 106 Å². The van der Waals surface area contributed by atoms with Crippen LogP contribution in [-0.4, -0.2) is 68.6 Å². The Kier molecular flexibility index (Phi) is 10.2. The first kappa shape index (κ1) is 30.4. The summed E-state index contributed by atoms with van der Waals surface area (Å²) in [6.07, 6.45) is 0. The fraction of sp³-hybridized carbons (Fsp3) is 0.294. The smallest absolute Gasteiger partial charge is 0.264 e. The molecule has 1 aromatic heterocycles. The van der Waals surface area contributed by atoms with E-state index in [4.69, 9.17) is 10.5 Å². The number of methoxy groups -OCH3 is 1. The second kappa shape index (κ2) is 14.4. The molecular formula is C34H39N5O3S. The summed E-state index contributed by atoms with van der Waals surface area (Å²) in [6.45, 7) is 5.08. The molecule has 5 rings (SSSR count). The van der Waals surface area contributed by atoms with E-state index in [1.54, 1.807) is 0 Å². The van der Waals surface area contributed by atoms with Crippen molar-refractivity contribution >= 4 is 34.5 Å². The number of nitrogens with zero attached hydrogens (tertiary/aromatic N) is 3. The highest BCUT2D eigenvalue weighted by Crippen LogP contribution is 2.33. The molecule has 9 heteroatoms. The topological polar surface area (TPSA) is 91.1 Å². The van der Waals surface area contributed by atoms with Crippen LogP contribution in [0.15, 0.2) is 84.2 Å². The summed E-state index contributed by atoms with van der Waals surface area (Å²) >= 11 is 1.45. The molecule has 0 radical (unpaired) electrons. The van der Waals surface area contributed by atoms with Crippen LogP contribution in [0.3, 0.4) is 0 Å². The summed E-state index contributed by atoms with van der Waals surface area (Å²) < 4.78 is 5.07. The summed E-state index contributed by atoms with van der Waals surface area (Å²) in [5.74, 6) is -0.191.